The molecule has 4 rings (SSSR count). The average molecular weight is 481 g/mol. The number of hydrogen-bond donors (Lipinski definition) is 2. The molecule has 4 aromatic rings. The van der Waals surface area contributed by atoms with Gasteiger partial charge in [0, 0.05) is 10.0 Å². The molecule has 4 aromatic carbocycles. The number of phenolic OH excluding ortho intramolecular Hbond substituents is 2. The van der Waals surface area contributed by atoms with Crippen molar-refractivity contribution in [3.05, 3.63) is 118 Å². The number of halogens is 2. The van der Waals surface area contributed by atoms with Gasteiger partial charge in [-0.3, -0.25) is 0 Å². The van der Waals surface area contributed by atoms with E-state index in [1.165, 1.54) is 23.3 Å². The number of phenols is 2. The van der Waals surface area contributed by atoms with Crippen LogP contribution >= 0.6 is 23.2 Å². The fourth-order valence-electron chi connectivity index (χ4n) is 1.89. The Labute approximate surface area is 197 Å². The Morgan fingerprint density at radius 3 is 1.07 bits per heavy atom. The van der Waals surface area contributed by atoms with E-state index < -0.39 is 0 Å². The van der Waals surface area contributed by atoms with Crippen LogP contribution in [-0.4, -0.2) is 15.6 Å². The van der Waals surface area contributed by atoms with Gasteiger partial charge in [-0.15, -0.1) is 0 Å². The minimum atomic E-state index is 0.206. The Bertz CT molecular complexity index is 794. The van der Waals surface area contributed by atoms with Crippen molar-refractivity contribution in [2.24, 2.45) is 0 Å². The second-order valence-electron chi connectivity index (χ2n) is 5.88. The van der Waals surface area contributed by atoms with Crippen LogP contribution < -0.4 is 0 Å². The normalized spacial score (nSPS) is 8.53. The van der Waals surface area contributed by atoms with Crippen LogP contribution in [0.15, 0.2) is 97.1 Å². The maximum absolute atomic E-state index is 8.73. The first kappa shape index (κ1) is 27.7. The molecule has 0 spiro atoms. The van der Waals surface area contributed by atoms with Gasteiger partial charge in [-0.2, -0.15) is 35.4 Å². The summed E-state index contributed by atoms with van der Waals surface area (Å²) in [6.45, 7) is 4.17. The van der Waals surface area contributed by atoms with Crippen molar-refractivity contribution >= 4 is 28.6 Å². The number of aryl methyl sites for hydroxylation is 2. The van der Waals surface area contributed by atoms with Gasteiger partial charge in [0.1, 0.15) is 11.5 Å². The van der Waals surface area contributed by atoms with E-state index in [9.17, 15) is 0 Å². The van der Waals surface area contributed by atoms with Gasteiger partial charge in [0.05, 0.1) is 0 Å². The van der Waals surface area contributed by atoms with Crippen LogP contribution in [0.2, 0.25) is 10.0 Å². The first-order chi connectivity index (χ1) is 14.4. The molecular formula is C25H26Cl2CrO2-2. The monoisotopic (exact) mass is 480 g/mol. The topological polar surface area (TPSA) is 40.5 Å². The minimum absolute atomic E-state index is 0.206. The molecule has 0 aromatic heterocycles. The zero-order valence-electron chi connectivity index (χ0n) is 17.0. The number of rotatable bonds is 0. The van der Waals surface area contributed by atoms with Crippen molar-refractivity contribution in [3.63, 3.8) is 0 Å². The van der Waals surface area contributed by atoms with Gasteiger partial charge in [-0.05, 0) is 36.4 Å². The van der Waals surface area contributed by atoms with Crippen molar-refractivity contribution < 1.29 is 26.1 Å². The molecule has 0 amide bonds. The third-order valence-corrected chi connectivity index (χ3v) is 3.75. The molecule has 0 unspecified atom stereocenters. The summed E-state index contributed by atoms with van der Waals surface area (Å²) < 4.78 is 0. The van der Waals surface area contributed by atoms with E-state index in [-0.39, 0.29) is 11.5 Å². The standard InChI is InChI=1S/2C6H5ClO.2C6H7.CH2.Cr/c2*7-5-2-1-3-6(8)4-5;2*1-6-4-2-3-5-6;;/h2*1-4,8H;2*2-5H,1H3;1H2;/q;;2*-1;;. The summed E-state index contributed by atoms with van der Waals surface area (Å²) >= 11 is 13.3. The summed E-state index contributed by atoms with van der Waals surface area (Å²) in [6, 6.07) is 29.4. The second kappa shape index (κ2) is 17.6. The fraction of sp³-hybridized carbons (Fsp3) is 0.0800. The van der Waals surface area contributed by atoms with Gasteiger partial charge in [0.15, 0.2) is 0 Å². The molecule has 0 saturated heterocycles. The van der Waals surface area contributed by atoms with Gasteiger partial charge in [0.25, 0.3) is 0 Å². The van der Waals surface area contributed by atoms with Crippen molar-refractivity contribution in [1.82, 2.24) is 0 Å². The molecule has 0 heterocycles. The Morgan fingerprint density at radius 1 is 0.633 bits per heavy atom. The van der Waals surface area contributed by atoms with Crippen LogP contribution in [0.25, 0.3) is 0 Å². The summed E-state index contributed by atoms with van der Waals surface area (Å²) in [7, 11) is 0. The molecule has 0 aliphatic rings. The predicted molar refractivity (Wildman–Crippen MR) is 127 cm³/mol. The predicted octanol–water partition coefficient (Wildman–Crippen LogP) is 7.48. The Hall–Kier alpha value is -2.28. The van der Waals surface area contributed by atoms with Gasteiger partial charge in [0.2, 0.25) is 0 Å². The molecule has 0 atom stereocenters. The van der Waals surface area contributed by atoms with Crippen LogP contribution in [-0.2, 0) is 15.9 Å². The Balaban J connectivity index is 0.000000366. The van der Waals surface area contributed by atoms with Gasteiger partial charge < -0.3 is 10.2 Å². The van der Waals surface area contributed by atoms with E-state index in [0.717, 1.165) is 0 Å². The second-order valence-corrected chi connectivity index (χ2v) is 6.76. The van der Waals surface area contributed by atoms with Crippen LogP contribution in [0.3, 0.4) is 0 Å². The van der Waals surface area contributed by atoms with Crippen LogP contribution in [0.5, 0.6) is 11.5 Å². The number of benzene rings is 2. The zero-order chi connectivity index (χ0) is 22.8. The Morgan fingerprint density at radius 2 is 0.933 bits per heavy atom. The molecule has 5 heteroatoms. The van der Waals surface area contributed by atoms with Gasteiger partial charge in [-0.25, -0.2) is 24.3 Å². The average Bonchev–Trinajstić information content (AvgIpc) is 3.38. The zero-order valence-corrected chi connectivity index (χ0v) is 19.8. The van der Waals surface area contributed by atoms with E-state index in [0.29, 0.717) is 10.0 Å². The van der Waals surface area contributed by atoms with Crippen LogP contribution in [0, 0.1) is 13.8 Å². The summed E-state index contributed by atoms with van der Waals surface area (Å²) in [5, 5.41) is 21.7. The van der Waals surface area contributed by atoms with Crippen molar-refractivity contribution in [2.45, 2.75) is 13.8 Å². The third kappa shape index (κ3) is 15.6. The summed E-state index contributed by atoms with van der Waals surface area (Å²) in [6.07, 6.45) is 0. The number of hydrogen-bond acceptors (Lipinski definition) is 2. The quantitative estimate of drug-likeness (QED) is 0.256. The van der Waals surface area contributed by atoms with Gasteiger partial charge in [-0.1, -0.05) is 49.2 Å². The summed E-state index contributed by atoms with van der Waals surface area (Å²) in [4.78, 5) is 0. The molecule has 160 valence electrons. The molecule has 2 N–H and O–H groups in total. The SMILES string of the molecule is C[c-]1cccc1.C[c-]1cccc1.Oc1cccc(Cl)c1.Oc1cccc(Cl)c1.[CH2]=[Cr]. The fourth-order valence-corrected chi connectivity index (χ4v) is 2.26. The first-order valence-electron chi connectivity index (χ1n) is 8.91. The Kier molecular flexibility index (Phi) is 16.2. The molecular weight excluding hydrogens is 455 g/mol. The molecule has 2 nitrogen and oxygen atoms in total. The van der Waals surface area contributed by atoms with E-state index >= 15 is 0 Å². The maximum atomic E-state index is 8.73. The molecule has 0 saturated carbocycles. The van der Waals surface area contributed by atoms with E-state index in [1.807, 2.05) is 24.3 Å². The van der Waals surface area contributed by atoms with E-state index in [1.54, 1.807) is 36.4 Å². The summed E-state index contributed by atoms with van der Waals surface area (Å²) in [5.74, 6) is 0.412. The van der Waals surface area contributed by atoms with Crippen molar-refractivity contribution in [1.29, 1.82) is 0 Å². The molecule has 0 fully saturated rings. The molecule has 0 aliphatic heterocycles. The first-order valence-corrected chi connectivity index (χ1v) is 10.6. The summed E-state index contributed by atoms with van der Waals surface area (Å²) in [5.41, 5.74) is 2.69. The van der Waals surface area contributed by atoms with Crippen LogP contribution in [0.1, 0.15) is 11.1 Å². The third-order valence-electron chi connectivity index (χ3n) is 3.28. The van der Waals surface area contributed by atoms with E-state index in [2.05, 4.69) is 59.4 Å². The molecule has 0 bridgehead atoms. The van der Waals surface area contributed by atoms with Crippen molar-refractivity contribution in [2.75, 3.05) is 0 Å². The molecule has 30 heavy (non-hydrogen) atoms. The van der Waals surface area contributed by atoms with E-state index in [4.69, 9.17) is 33.4 Å². The number of aromatic hydroxyl groups is 2. The van der Waals surface area contributed by atoms with Crippen molar-refractivity contribution in [3.8, 4) is 11.5 Å². The van der Waals surface area contributed by atoms with Gasteiger partial charge >= 0.3 is 21.2 Å². The molecule has 0 aliphatic carbocycles. The molecule has 0 radical (unpaired) electrons. The van der Waals surface area contributed by atoms with Crippen LogP contribution in [0.4, 0.5) is 0 Å².